The van der Waals surface area contributed by atoms with Crippen molar-refractivity contribution < 1.29 is 177 Å². The maximum absolute atomic E-state index is 12.6. The van der Waals surface area contributed by atoms with Gasteiger partial charge in [0, 0.05) is 67.2 Å². The molecule has 822 valence electrons. The van der Waals surface area contributed by atoms with Gasteiger partial charge in [0.05, 0.1) is 60.8 Å². The molecular weight excluding hydrogens is 1890 g/mol. The zero-order valence-electron chi connectivity index (χ0n) is 87.9. The molecule has 0 spiro atoms. The Morgan fingerprint density at radius 2 is 0.610 bits per heavy atom. The Balaban J connectivity index is -0.000000138. The van der Waals surface area contributed by atoms with Crippen molar-refractivity contribution in [2.75, 3.05) is 106 Å². The number of unbranched alkanes of at least 4 members (excludes halogenated alkanes) is 48. The van der Waals surface area contributed by atoms with Crippen LogP contribution in [0.5, 0.6) is 0 Å². The van der Waals surface area contributed by atoms with Gasteiger partial charge in [0.1, 0.15) is 39.1 Å². The van der Waals surface area contributed by atoms with Crippen LogP contribution in [0, 0.1) is 94.7 Å². The first kappa shape index (κ1) is 142. The summed E-state index contributed by atoms with van der Waals surface area (Å²) < 4.78 is 96.9. The number of ether oxygens (including phenoxy) is 6. The molecule has 141 heavy (non-hydrogen) atoms. The number of thiol groups is 1. The van der Waals surface area contributed by atoms with Crippen molar-refractivity contribution in [1.29, 1.82) is 0 Å². The fourth-order valence-corrected chi connectivity index (χ4v) is 15.8. The summed E-state index contributed by atoms with van der Waals surface area (Å²) in [6.45, 7) is 7.50. The molecule has 0 bridgehead atoms. The van der Waals surface area contributed by atoms with Crippen LogP contribution < -0.4 is 49.6 Å². The first-order chi connectivity index (χ1) is 67.4. The Morgan fingerprint density at radius 3 is 0.901 bits per heavy atom. The number of nitrogens with one attached hydrogen (secondary N) is 1. The van der Waals surface area contributed by atoms with Crippen LogP contribution in [0.4, 0.5) is 0 Å². The number of hydrogen-bond donors (Lipinski definition) is 4. The molecule has 34 heteroatoms. The minimum absolute atomic E-state index is 0. The molecule has 0 aliphatic carbocycles. The number of aliphatic hydroxyl groups is 2. The van der Waals surface area contributed by atoms with E-state index in [2.05, 4.69) is 154 Å². The maximum atomic E-state index is 12.6. The SMILES string of the molecule is CC#CC#CC#CC#CC#CC#CC#CC#CC(=O)OCC(COP(=O)([O-])OCCNC(=O)CCCS)OC(C)=O.CCCCCCCCCCCCCCCC(=O)OC[C@H](COP(=O)([O-])OCC(O)CO)OC(=O)CCCCCCCCCCCCCCC.CCCCCCCCCCCCCCCC(=O)OC[C@H](COP(=O)([O-])OCC[N+](C)(C)C)OC(=O)CCCCCCCCCCCCCCC.[HH].[HH].[HH].[HH].[HH].[HH].[HH].[HH].[HH].[HH].[HH].[Na+]. The molecule has 0 radical (unpaired) electrons. The van der Waals surface area contributed by atoms with Crippen LogP contribution in [0.15, 0.2) is 0 Å². The van der Waals surface area contributed by atoms with Crippen LogP contribution >= 0.6 is 36.1 Å². The third kappa shape index (κ3) is 113. The number of phosphoric ester groups is 3. The van der Waals surface area contributed by atoms with Crippen LogP contribution in [0.1, 0.15) is 430 Å². The number of aliphatic hydroxyl groups excluding tert-OH is 2. The second-order valence-electron chi connectivity index (χ2n) is 35.7. The normalized spacial score (nSPS) is 12.7. The maximum Gasteiger partial charge on any atom is 1.00 e. The van der Waals surface area contributed by atoms with Crippen LogP contribution in [-0.4, -0.2) is 187 Å². The van der Waals surface area contributed by atoms with Gasteiger partial charge in [0.25, 0.3) is 23.5 Å². The molecule has 0 heterocycles. The molecular formula is C107H199N2NaO27P3S-. The zero-order valence-corrected chi connectivity index (χ0v) is 93.4. The molecule has 1 amide bonds. The van der Waals surface area contributed by atoms with Gasteiger partial charge >= 0.3 is 65.4 Å². The average Bonchev–Trinajstić information content (AvgIpc) is 0.905. The van der Waals surface area contributed by atoms with Crippen LogP contribution in [0.25, 0.3) is 0 Å². The molecule has 7 atom stereocenters. The first-order valence-corrected chi connectivity index (χ1v) is 57.2. The van der Waals surface area contributed by atoms with Crippen molar-refractivity contribution in [3.05, 3.63) is 0 Å². The van der Waals surface area contributed by atoms with E-state index in [9.17, 15) is 67.0 Å². The van der Waals surface area contributed by atoms with E-state index in [-0.39, 0.29) is 122 Å². The molecule has 29 nitrogen and oxygen atoms in total. The smallest absolute Gasteiger partial charge is 0.756 e. The van der Waals surface area contributed by atoms with Gasteiger partial charge in [-0.1, -0.05) is 342 Å². The number of likely N-dealkylation sites (N-methyl/N-ethyl adjacent to an activating group) is 1. The van der Waals surface area contributed by atoms with E-state index >= 15 is 0 Å². The Hall–Kier alpha value is -5.67. The van der Waals surface area contributed by atoms with Crippen LogP contribution in [-0.2, 0) is 103 Å². The second-order valence-corrected chi connectivity index (χ2v) is 40.4. The fourth-order valence-electron chi connectivity index (χ4n) is 13.4. The van der Waals surface area contributed by atoms with E-state index in [4.69, 9.17) is 47.1 Å². The molecule has 0 aromatic rings. The van der Waals surface area contributed by atoms with Crippen molar-refractivity contribution >= 4 is 77.8 Å². The Bertz CT molecular complexity index is 3950. The molecule has 0 aliphatic rings. The molecule has 0 aliphatic heterocycles. The number of rotatable bonds is 89. The van der Waals surface area contributed by atoms with E-state index < -0.39 is 117 Å². The van der Waals surface area contributed by atoms with Gasteiger partial charge in [0.2, 0.25) is 5.91 Å². The zero-order chi connectivity index (χ0) is 104. The Labute approximate surface area is 894 Å². The Morgan fingerprint density at radius 1 is 0.348 bits per heavy atom. The van der Waals surface area contributed by atoms with E-state index in [0.29, 0.717) is 42.5 Å². The number of carbonyl (C=O) groups is 7. The Kier molecular flexibility index (Phi) is 105. The summed E-state index contributed by atoms with van der Waals surface area (Å²) >= 11 is 3.99. The van der Waals surface area contributed by atoms with Gasteiger partial charge in [-0.3, -0.25) is 42.5 Å². The summed E-state index contributed by atoms with van der Waals surface area (Å²) in [7, 11) is -8.47. The molecule has 0 fully saturated rings. The molecule has 0 saturated carbocycles. The van der Waals surface area contributed by atoms with Gasteiger partial charge in [-0.15, -0.1) is 0 Å². The summed E-state index contributed by atoms with van der Waals surface area (Å²) in [5.74, 6) is 35.1. The monoisotopic (exact) mass is 2090 g/mol. The van der Waals surface area contributed by atoms with Crippen molar-refractivity contribution in [2.45, 2.75) is 438 Å². The van der Waals surface area contributed by atoms with E-state index in [1.807, 2.05) is 21.1 Å². The van der Waals surface area contributed by atoms with Crippen molar-refractivity contribution in [3.8, 4) is 94.7 Å². The number of nitrogens with zero attached hydrogens (tertiary/aromatic N) is 1. The molecule has 0 saturated heterocycles. The predicted octanol–water partition coefficient (Wildman–Crippen LogP) is 19.4. The second kappa shape index (κ2) is 104. The summed E-state index contributed by atoms with van der Waals surface area (Å²) in [6, 6.07) is 0. The van der Waals surface area contributed by atoms with Gasteiger partial charge in [-0.25, -0.2) is 4.79 Å². The third-order valence-corrected chi connectivity index (χ3v) is 24.5. The summed E-state index contributed by atoms with van der Waals surface area (Å²) in [4.78, 5) is 121. The van der Waals surface area contributed by atoms with E-state index in [1.165, 1.54) is 244 Å². The molecule has 0 rings (SSSR count). The van der Waals surface area contributed by atoms with Crippen LogP contribution in [0.2, 0.25) is 0 Å². The third-order valence-electron chi connectivity index (χ3n) is 21.4. The van der Waals surface area contributed by atoms with Gasteiger partial charge in [0.15, 0.2) is 18.3 Å². The summed E-state index contributed by atoms with van der Waals surface area (Å²) in [6.07, 6.45) is 59.7. The molecule has 3 N–H and O–H groups in total. The van der Waals surface area contributed by atoms with Gasteiger partial charge in [-0.05, 0) is 128 Å². The van der Waals surface area contributed by atoms with Gasteiger partial charge in [-0.2, -0.15) is 12.6 Å². The minimum atomic E-state index is -4.85. The number of amides is 1. The first-order valence-electron chi connectivity index (χ1n) is 52.2. The van der Waals surface area contributed by atoms with Crippen molar-refractivity contribution in [3.63, 3.8) is 0 Å². The van der Waals surface area contributed by atoms with Crippen LogP contribution in [0.3, 0.4) is 0 Å². The topological polar surface area (TPSA) is 403 Å². The summed E-state index contributed by atoms with van der Waals surface area (Å²) in [5, 5.41) is 20.7. The molecule has 0 aromatic carbocycles. The number of phosphoric acid groups is 3. The number of quaternary nitrogens is 1. The fraction of sp³-hybridized carbons (Fsp3) is 0.785. The minimum Gasteiger partial charge on any atom is -0.756 e. The van der Waals surface area contributed by atoms with E-state index in [1.54, 1.807) is 6.92 Å². The van der Waals surface area contributed by atoms with E-state index in [0.717, 1.165) is 77.6 Å². The van der Waals surface area contributed by atoms with Crippen molar-refractivity contribution in [2.24, 2.45) is 0 Å². The molecule has 0 aromatic heterocycles. The predicted molar refractivity (Wildman–Crippen MR) is 571 cm³/mol. The number of hydrogen-bond acceptors (Lipinski definition) is 28. The summed E-state index contributed by atoms with van der Waals surface area (Å²) in [5.41, 5.74) is 0. The average molecular weight is 2090 g/mol. The van der Waals surface area contributed by atoms with Crippen molar-refractivity contribution in [1.82, 2.24) is 5.32 Å². The number of esters is 6. The quantitative estimate of drug-likeness (QED) is 0.00506. The van der Waals surface area contributed by atoms with Gasteiger partial charge < -0.3 is 90.3 Å². The standard InChI is InChI=1S/C40H80NO8P.C38H75O10P.C29H24NO9PS.Na.11H2/c1-6-8-10-12-14-16-18-20-22-24-26-28-30-32-39(42)46-36-38(37-48-50(44,45)47-35-34-41(3,4)5)49-40(43)33-31-29-27-25-23-21-19-17-15-13-11-9-7-2;1-3-5-7-9-11-13-15-17-19-21-23-25-27-29-37(41)45-33-36(34-47-49(43,44)46-32-35(40)31-39)48-38(42)30-28-26-24-22-20-18-16-14-12-10-8-6-4-2;1-3-4-5-6-7-8-9-10-11-12-13-14-15-16-17-20-29(33)36-24-27(39-26(2)31)25-38-40(34,35)37-22-21-30-28(32)19-18-23-41;;;;;;;;;;;;/h38H,6-37H2,1-5H3;35-36,39-40H,3-34H2,1-2H3,(H,43,44);27,41H,18-19,21-25H2,1-2H3,(H,30,32)(H,34,35);;11*1H/q;;;+1;;;;;;;;;;;/p-2/t38-;35?,36-;;;;;;;;;;;;;/m11............./s1. The number of carbonyl (C=O) groups excluding carboxylic acids is 7. The molecule has 5 unspecified atom stereocenters. The largest absolute Gasteiger partial charge is 1.00 e.